The lowest BCUT2D eigenvalue weighted by Gasteiger charge is -2.29. The molecule has 0 unspecified atom stereocenters. The van der Waals surface area contributed by atoms with Gasteiger partial charge < -0.3 is 18.9 Å². The van der Waals surface area contributed by atoms with Gasteiger partial charge in [0.1, 0.15) is 10.0 Å². The van der Waals surface area contributed by atoms with E-state index in [2.05, 4.69) is 189 Å². The van der Waals surface area contributed by atoms with Gasteiger partial charge in [0.2, 0.25) is 0 Å². The van der Waals surface area contributed by atoms with Gasteiger partial charge >= 0.3 is 0 Å². The molecule has 6 nitrogen and oxygen atoms in total. The van der Waals surface area contributed by atoms with Gasteiger partial charge in [0.15, 0.2) is 0 Å². The summed E-state index contributed by atoms with van der Waals surface area (Å²) in [5.74, 6) is 0. The summed E-state index contributed by atoms with van der Waals surface area (Å²) in [6.45, 7) is 4.47. The van der Waals surface area contributed by atoms with E-state index in [-0.39, 0.29) is 0 Å². The summed E-state index contributed by atoms with van der Waals surface area (Å²) in [6, 6.07) is 62.6. The number of hydrogen-bond donors (Lipinski definition) is 0. The zero-order valence-electron chi connectivity index (χ0n) is 36.7. The first-order chi connectivity index (χ1) is 32.7. The molecule has 0 spiro atoms. The summed E-state index contributed by atoms with van der Waals surface area (Å²) in [6.07, 6.45) is 7.64. The molecular formula is C58H48N6S2. The number of hydrogen-bond acceptors (Lipinski definition) is 6. The van der Waals surface area contributed by atoms with E-state index < -0.39 is 0 Å². The molecular weight excluding hydrogens is 845 g/mol. The van der Waals surface area contributed by atoms with Gasteiger partial charge in [-0.25, -0.2) is 9.97 Å². The Bertz CT molecular complexity index is 3240. The fourth-order valence-corrected chi connectivity index (χ4v) is 12.7. The van der Waals surface area contributed by atoms with E-state index in [1.807, 2.05) is 0 Å². The van der Waals surface area contributed by atoms with Gasteiger partial charge in [0.05, 0.1) is 42.9 Å². The Morgan fingerprint density at radius 3 is 1.12 bits per heavy atom. The number of nitrogens with zero attached hydrogens (tertiary/aromatic N) is 6. The largest absolute Gasteiger partial charge is 0.372 e. The van der Waals surface area contributed by atoms with Crippen molar-refractivity contribution in [1.29, 1.82) is 0 Å². The van der Waals surface area contributed by atoms with Crippen molar-refractivity contribution in [2.45, 2.75) is 38.5 Å². The standard InChI is InChI=1S/C58H48N6S2/c1-11-35-61(36-12-1)41-27-23-39(24-28-41)55-53(57-59-47-17-5-9-21-51(47)65-57)45-15-3-7-19-49(45)63(55)43-31-33-44(34-32-43)64-50-20-8-4-16-46(50)54(58-60-48-18-6-10-22-52(48)66-58)56(64)40-25-29-42(30-26-40)62-37-13-2-14-38-62/h3-10,15-34H,1-2,11-14,35-38H2. The van der Waals surface area contributed by atoms with Gasteiger partial charge in [0.25, 0.3) is 0 Å². The minimum Gasteiger partial charge on any atom is -0.372 e. The number of piperidine rings is 2. The van der Waals surface area contributed by atoms with E-state index >= 15 is 0 Å². The highest BCUT2D eigenvalue weighted by atomic mass is 32.1. The topological polar surface area (TPSA) is 42.1 Å². The molecule has 11 aromatic rings. The second-order valence-electron chi connectivity index (χ2n) is 17.8. The molecule has 13 rings (SSSR count). The number of benzene rings is 7. The fraction of sp³-hybridized carbons (Fsp3) is 0.172. The fourth-order valence-electron chi connectivity index (χ4n) is 10.7. The Balaban J connectivity index is 0.999. The zero-order chi connectivity index (χ0) is 43.6. The van der Waals surface area contributed by atoms with E-state index in [0.717, 1.165) is 81.0 Å². The maximum Gasteiger partial charge on any atom is 0.127 e. The van der Waals surface area contributed by atoms with Crippen molar-refractivity contribution < 1.29 is 0 Å². The Morgan fingerprint density at radius 1 is 0.348 bits per heavy atom. The van der Waals surface area contributed by atoms with Gasteiger partial charge in [0, 0.05) is 70.8 Å². The van der Waals surface area contributed by atoms with E-state index in [1.165, 1.54) is 92.3 Å². The Hall–Kier alpha value is -7.00. The molecule has 0 atom stereocenters. The van der Waals surface area contributed by atoms with E-state index in [9.17, 15) is 0 Å². The van der Waals surface area contributed by atoms with Crippen LogP contribution < -0.4 is 9.80 Å². The minimum absolute atomic E-state index is 1.03. The second kappa shape index (κ2) is 16.5. The molecule has 4 aromatic heterocycles. The first kappa shape index (κ1) is 39.4. The Labute approximate surface area is 392 Å². The zero-order valence-corrected chi connectivity index (χ0v) is 38.4. The first-order valence-corrected chi connectivity index (χ1v) is 25.2. The molecule has 0 aliphatic carbocycles. The lowest BCUT2D eigenvalue weighted by Crippen LogP contribution is -2.29. The molecule has 0 saturated carbocycles. The van der Waals surface area contributed by atoms with Crippen LogP contribution in [0.5, 0.6) is 0 Å². The normalized spacial score (nSPS) is 14.6. The second-order valence-corrected chi connectivity index (χ2v) is 19.9. The van der Waals surface area contributed by atoms with Gasteiger partial charge in [-0.05, 0) is 135 Å². The van der Waals surface area contributed by atoms with Crippen LogP contribution in [0.15, 0.2) is 170 Å². The number of rotatable bonds is 8. The van der Waals surface area contributed by atoms with Crippen LogP contribution in [0.4, 0.5) is 11.4 Å². The van der Waals surface area contributed by atoms with E-state index in [1.54, 1.807) is 22.7 Å². The highest BCUT2D eigenvalue weighted by Crippen LogP contribution is 2.48. The molecule has 0 bridgehead atoms. The predicted molar refractivity (Wildman–Crippen MR) is 280 cm³/mol. The van der Waals surface area contributed by atoms with Crippen LogP contribution in [0, 0.1) is 0 Å². The van der Waals surface area contributed by atoms with Crippen LogP contribution in [0.2, 0.25) is 0 Å². The van der Waals surface area contributed by atoms with Crippen LogP contribution in [0.3, 0.4) is 0 Å². The van der Waals surface area contributed by atoms with Crippen molar-refractivity contribution in [2.24, 2.45) is 0 Å². The predicted octanol–water partition coefficient (Wildman–Crippen LogP) is 15.4. The lowest BCUT2D eigenvalue weighted by atomic mass is 10.0. The average Bonchev–Trinajstić information content (AvgIpc) is 4.18. The molecule has 0 N–H and O–H groups in total. The van der Waals surface area contributed by atoms with Crippen molar-refractivity contribution >= 4 is 76.3 Å². The Morgan fingerprint density at radius 2 is 0.712 bits per heavy atom. The summed E-state index contributed by atoms with van der Waals surface area (Å²) in [5.41, 5.74) is 16.2. The summed E-state index contributed by atoms with van der Waals surface area (Å²) >= 11 is 3.55. The number of fused-ring (bicyclic) bond motifs is 4. The monoisotopic (exact) mass is 892 g/mol. The van der Waals surface area contributed by atoms with Crippen molar-refractivity contribution in [3.05, 3.63) is 170 Å². The molecule has 2 aliphatic rings. The molecule has 2 saturated heterocycles. The molecule has 322 valence electrons. The highest BCUT2D eigenvalue weighted by molar-refractivity contribution is 7.22. The van der Waals surface area contributed by atoms with Gasteiger partial charge in [-0.3, -0.25) is 0 Å². The third-order valence-corrected chi connectivity index (χ3v) is 16.0. The molecule has 6 heterocycles. The van der Waals surface area contributed by atoms with E-state index in [4.69, 9.17) is 9.97 Å². The summed E-state index contributed by atoms with van der Waals surface area (Å²) in [4.78, 5) is 15.7. The average molecular weight is 893 g/mol. The van der Waals surface area contributed by atoms with Crippen molar-refractivity contribution in [1.82, 2.24) is 19.1 Å². The third kappa shape index (κ3) is 6.73. The summed E-state index contributed by atoms with van der Waals surface area (Å²) < 4.78 is 7.33. The minimum atomic E-state index is 1.03. The third-order valence-electron chi connectivity index (χ3n) is 13.9. The number of anilines is 2. The highest BCUT2D eigenvalue weighted by Gasteiger charge is 2.27. The van der Waals surface area contributed by atoms with Crippen LogP contribution in [0.1, 0.15) is 38.5 Å². The summed E-state index contributed by atoms with van der Waals surface area (Å²) in [7, 11) is 0. The maximum atomic E-state index is 5.30. The molecule has 0 radical (unpaired) electrons. The molecule has 66 heavy (non-hydrogen) atoms. The van der Waals surface area contributed by atoms with Crippen LogP contribution >= 0.6 is 22.7 Å². The lowest BCUT2D eigenvalue weighted by molar-refractivity contribution is 0.578. The molecule has 0 amide bonds. The number of thiazole rings is 2. The summed E-state index contributed by atoms with van der Waals surface area (Å²) in [5, 5.41) is 4.47. The van der Waals surface area contributed by atoms with Crippen molar-refractivity contribution in [2.75, 3.05) is 36.0 Å². The SMILES string of the molecule is c1ccc2sc(-c3c(-c4ccc(N5CCCCC5)cc4)n(-c4ccc(-n5c(-c6ccc(N7CCCCC7)cc6)c(-c6nc7ccccc7s6)c6ccccc65)cc4)c4ccccc34)nc2c1. The van der Waals surface area contributed by atoms with Crippen LogP contribution in [0.25, 0.3) is 97.3 Å². The van der Waals surface area contributed by atoms with Gasteiger partial charge in [-0.2, -0.15) is 0 Å². The van der Waals surface area contributed by atoms with Crippen LogP contribution in [-0.2, 0) is 0 Å². The van der Waals surface area contributed by atoms with Gasteiger partial charge in [-0.15, -0.1) is 22.7 Å². The molecule has 8 heteroatoms. The van der Waals surface area contributed by atoms with Crippen molar-refractivity contribution in [3.8, 4) is 55.0 Å². The van der Waals surface area contributed by atoms with E-state index in [0.29, 0.717) is 0 Å². The van der Waals surface area contributed by atoms with Gasteiger partial charge in [-0.1, -0.05) is 84.9 Å². The van der Waals surface area contributed by atoms with Crippen molar-refractivity contribution in [3.63, 3.8) is 0 Å². The number of aromatic nitrogens is 4. The molecule has 2 fully saturated rings. The molecule has 2 aliphatic heterocycles. The quantitative estimate of drug-likeness (QED) is 0.152. The van der Waals surface area contributed by atoms with Crippen LogP contribution in [-0.4, -0.2) is 45.3 Å². The maximum absolute atomic E-state index is 5.30. The first-order valence-electron chi connectivity index (χ1n) is 23.5. The smallest absolute Gasteiger partial charge is 0.127 e. The molecule has 7 aromatic carbocycles. The Kier molecular flexibility index (Phi) is 9.82. The number of para-hydroxylation sites is 4.